The van der Waals surface area contributed by atoms with Gasteiger partial charge in [-0.1, -0.05) is 70.9 Å². The molecule has 16 nitrogen and oxygen atoms in total. The number of nitrogens with zero attached hydrogens (tertiary/aromatic N) is 1. The fourth-order valence-electron chi connectivity index (χ4n) is 17.5. The lowest BCUT2D eigenvalue weighted by Crippen LogP contribution is -2.62. The van der Waals surface area contributed by atoms with Crippen LogP contribution in [-0.2, 0) is 33.8 Å². The molecule has 18 unspecified atom stereocenters. The van der Waals surface area contributed by atoms with Crippen molar-refractivity contribution in [1.82, 2.24) is 15.2 Å². The summed E-state index contributed by atoms with van der Waals surface area (Å²) in [6.07, 6.45) is 10.4. The van der Waals surface area contributed by atoms with Crippen molar-refractivity contribution in [2.45, 2.75) is 171 Å². The van der Waals surface area contributed by atoms with Crippen LogP contribution in [0.2, 0.25) is 0 Å². The fraction of sp³-hybridized carbons (Fsp3) is 0.638. The molecule has 1 saturated heterocycles. The normalized spacial score (nSPS) is 36.6. The lowest BCUT2D eigenvalue weighted by atomic mass is 9.38. The molecule has 0 radical (unpaired) electrons. The van der Waals surface area contributed by atoms with Crippen LogP contribution < -0.4 is 24.8 Å². The number of hydrogen-bond donors (Lipinski definition) is 9. The van der Waals surface area contributed by atoms with Crippen molar-refractivity contribution in [2.24, 2.45) is 58.2 Å². The number of fused-ring (bicyclic) bond motifs is 2. The van der Waals surface area contributed by atoms with Gasteiger partial charge in [0.25, 0.3) is 0 Å². The highest BCUT2D eigenvalue weighted by molar-refractivity contribution is 8.76. The van der Waals surface area contributed by atoms with Crippen molar-refractivity contribution in [1.29, 1.82) is 0 Å². The minimum Gasteiger partial charge on any atom is -0.504 e. The predicted molar refractivity (Wildman–Crippen MR) is 335 cm³/mol. The first kappa shape index (κ1) is 62.4. The average molecular weight is 1230 g/mol. The van der Waals surface area contributed by atoms with Gasteiger partial charge in [-0.15, -0.1) is 5.92 Å². The van der Waals surface area contributed by atoms with Gasteiger partial charge in [-0.05, 0) is 184 Å². The number of ether oxygens (including phenoxy) is 5. The molecule has 3 aromatic carbocycles. The van der Waals surface area contributed by atoms with E-state index in [0.29, 0.717) is 74.8 Å². The van der Waals surface area contributed by atoms with E-state index in [-0.39, 0.29) is 107 Å². The lowest BCUT2D eigenvalue weighted by molar-refractivity contribution is -0.161. The number of aromatic hydroxyl groups is 2. The molecule has 4 fully saturated rings. The average Bonchev–Trinajstić information content (AvgIpc) is 0.920. The Bertz CT molecular complexity index is 3200. The van der Waals surface area contributed by atoms with Crippen LogP contribution in [0, 0.1) is 81.9 Å². The van der Waals surface area contributed by atoms with E-state index >= 15 is 0 Å². The van der Waals surface area contributed by atoms with Crippen molar-refractivity contribution in [3.05, 3.63) is 77.1 Å². The Morgan fingerprint density at radius 1 is 0.874 bits per heavy atom. The summed E-state index contributed by atoms with van der Waals surface area (Å²) >= 11 is 0. The van der Waals surface area contributed by atoms with Gasteiger partial charge in [0.05, 0.1) is 50.8 Å². The van der Waals surface area contributed by atoms with E-state index in [4.69, 9.17) is 23.7 Å². The number of methoxy groups -OCH3 is 2. The molecule has 10 aliphatic rings. The van der Waals surface area contributed by atoms with E-state index in [1.807, 2.05) is 47.3 Å². The number of nitrogens with one attached hydrogen (secondary N) is 2. The molecule has 18 atom stereocenters. The Labute approximate surface area is 520 Å². The van der Waals surface area contributed by atoms with Crippen LogP contribution >= 0.6 is 21.6 Å². The first-order valence-electron chi connectivity index (χ1n) is 32.1. The smallest absolute Gasteiger partial charge is 0.235 e. The van der Waals surface area contributed by atoms with Gasteiger partial charge in [0.2, 0.25) is 11.7 Å². The van der Waals surface area contributed by atoms with Crippen molar-refractivity contribution >= 4 is 38.3 Å². The SMILES string of the molecule is COc1cc(CC2C(O)CSSC3CC(O)c4cccc5cn(cc45)COCCCC4NC(=O)C5C#CCC6C#CC78CC(C)CCC7C(CCC87CC(CCC7CNC6)Oc6cc(c3cc6O)CCC(OCO)CC2O)CC(O)C45)cc(OC)c1O. The number of benzene rings is 3. The van der Waals surface area contributed by atoms with Gasteiger partial charge < -0.3 is 74.6 Å². The molecule has 12 bridgehead atoms. The highest BCUT2D eigenvalue weighted by atomic mass is 33.1. The van der Waals surface area contributed by atoms with Crippen molar-refractivity contribution in [3.8, 4) is 52.4 Å². The minimum absolute atomic E-state index is 0.00351. The minimum atomic E-state index is -1.09. The summed E-state index contributed by atoms with van der Waals surface area (Å²) in [7, 11) is 5.85. The van der Waals surface area contributed by atoms with Gasteiger partial charge in [0, 0.05) is 77.6 Å². The predicted octanol–water partition coefficient (Wildman–Crippen LogP) is 9.11. The number of amides is 1. The standard InChI is InChI=1S/C69H89N3O13S2/c1-40-12-17-54-44-19-21-68-32-48-16-14-46(68)34-70-33-41(18-20-69(54,68)31-40)7-4-10-50-65(59(77)26-44)55(71-67(50)80)11-6-22-83-38-72-35-45-8-5-9-49(53(45)36-72)57(75)30-64-51-29-58(76)61(85-48)27-43(51)13-15-47(84-39-73)28-56(74)52(60(78)37-86-87-64)23-42-24-62(81-2)66(79)63(25-42)82-3/h5,8-9,24-25,27,29,35-36,40-41,44,46-48,50,52,54-57,59-60,64-65,70,73-79H,6-7,11-17,19,21-23,26,28,30-34,37-39H2,1-3H3,(H,71,80). The fourth-order valence-corrected chi connectivity index (χ4v) is 20.4. The van der Waals surface area contributed by atoms with Gasteiger partial charge in [-0.2, -0.15) is 0 Å². The quantitative estimate of drug-likeness (QED) is 0.0498. The zero-order chi connectivity index (χ0) is 60.6. The first-order chi connectivity index (χ1) is 42.2. The Kier molecular flexibility index (Phi) is 19.3. The summed E-state index contributed by atoms with van der Waals surface area (Å²) in [6.45, 7) is 4.05. The van der Waals surface area contributed by atoms with Crippen LogP contribution in [0.3, 0.4) is 0 Å². The monoisotopic (exact) mass is 1230 g/mol. The molecule has 470 valence electrons. The number of aryl methyl sites for hydroxylation is 1. The van der Waals surface area contributed by atoms with Crippen molar-refractivity contribution in [3.63, 3.8) is 0 Å². The Balaban J connectivity index is 0.943. The van der Waals surface area contributed by atoms with E-state index < -0.39 is 54.4 Å². The summed E-state index contributed by atoms with van der Waals surface area (Å²) in [6, 6.07) is 12.8. The maximum absolute atomic E-state index is 14.0. The number of rotatable bonds is 6. The topological polar surface area (TPSA) is 234 Å². The zero-order valence-corrected chi connectivity index (χ0v) is 52.2. The van der Waals surface area contributed by atoms with Gasteiger partial charge in [0.15, 0.2) is 23.0 Å². The summed E-state index contributed by atoms with van der Waals surface area (Å²) in [5.74, 6) is 15.1. The van der Waals surface area contributed by atoms with E-state index in [0.717, 1.165) is 85.4 Å². The summed E-state index contributed by atoms with van der Waals surface area (Å²) in [4.78, 5) is 14.0. The van der Waals surface area contributed by atoms with Crippen LogP contribution in [0.1, 0.15) is 137 Å². The molecule has 6 aliphatic heterocycles. The largest absolute Gasteiger partial charge is 0.504 e. The molecule has 4 aliphatic carbocycles. The third-order valence-corrected chi connectivity index (χ3v) is 24.5. The van der Waals surface area contributed by atoms with Crippen LogP contribution in [0.5, 0.6) is 28.7 Å². The van der Waals surface area contributed by atoms with E-state index in [2.05, 4.69) is 41.2 Å². The number of phenols is 2. The number of aliphatic hydroxyl groups excluding tert-OH is 5. The summed E-state index contributed by atoms with van der Waals surface area (Å²) in [5.41, 5.74) is 2.49. The number of carbonyl (C=O) groups excluding carboxylic acids is 1. The number of aliphatic hydroxyl groups is 5. The first-order valence-corrected chi connectivity index (χ1v) is 34.4. The molecule has 14 rings (SSSR count). The number of aromatic nitrogens is 1. The molecule has 7 heterocycles. The van der Waals surface area contributed by atoms with Gasteiger partial charge in [0.1, 0.15) is 19.4 Å². The van der Waals surface area contributed by atoms with E-state index in [9.17, 15) is 40.5 Å². The second kappa shape index (κ2) is 26.9. The molecular weight excluding hydrogens is 1140 g/mol. The third kappa shape index (κ3) is 12.7. The molecule has 9 N–H and O–H groups in total. The molecule has 1 amide bonds. The molecule has 3 saturated carbocycles. The maximum Gasteiger partial charge on any atom is 0.235 e. The van der Waals surface area contributed by atoms with Crippen LogP contribution in [0.4, 0.5) is 0 Å². The zero-order valence-electron chi connectivity index (χ0n) is 50.5. The highest BCUT2D eigenvalue weighted by Gasteiger charge is 2.65. The molecule has 4 aromatic rings. The van der Waals surface area contributed by atoms with Gasteiger partial charge in [-0.3, -0.25) is 4.79 Å². The summed E-state index contributed by atoms with van der Waals surface area (Å²) < 4.78 is 32.7. The number of carbonyl (C=O) groups is 1. The second-order valence-corrected chi connectivity index (χ2v) is 29.4. The number of phenolic OH excluding ortho intramolecular Hbond substituents is 2. The molecule has 18 heteroatoms. The second-order valence-electron chi connectivity index (χ2n) is 26.7. The molecule has 1 aromatic heterocycles. The maximum atomic E-state index is 14.0. The molecule has 2 spiro atoms. The van der Waals surface area contributed by atoms with Crippen molar-refractivity contribution in [2.75, 3.05) is 46.5 Å². The molecular formula is C69H89N3O13S2. The van der Waals surface area contributed by atoms with E-state index in [1.165, 1.54) is 35.8 Å². The van der Waals surface area contributed by atoms with Gasteiger partial charge >= 0.3 is 0 Å². The Morgan fingerprint density at radius 2 is 1.71 bits per heavy atom. The van der Waals surface area contributed by atoms with Crippen LogP contribution in [0.25, 0.3) is 10.8 Å². The van der Waals surface area contributed by atoms with Gasteiger partial charge in [-0.25, -0.2) is 0 Å². The Morgan fingerprint density at radius 3 is 2.53 bits per heavy atom. The molecule has 87 heavy (non-hydrogen) atoms. The van der Waals surface area contributed by atoms with Crippen LogP contribution in [0.15, 0.2) is 54.9 Å². The van der Waals surface area contributed by atoms with Crippen LogP contribution in [-0.4, -0.2) is 129 Å². The van der Waals surface area contributed by atoms with E-state index in [1.54, 1.807) is 12.1 Å². The Hall–Kier alpha value is -4.83. The lowest BCUT2D eigenvalue weighted by Gasteiger charge is -2.65. The van der Waals surface area contributed by atoms with Crippen molar-refractivity contribution < 1.29 is 64.2 Å². The summed E-state index contributed by atoms with van der Waals surface area (Å²) in [5, 5.41) is 92.1. The third-order valence-electron chi connectivity index (χ3n) is 21.7. The highest BCUT2D eigenvalue weighted by Crippen LogP contribution is 2.69. The number of hydrogen-bond acceptors (Lipinski definition) is 16.